The van der Waals surface area contributed by atoms with E-state index in [-0.39, 0.29) is 11.9 Å². The number of halogens is 1. The lowest BCUT2D eigenvalue weighted by atomic mass is 9.99. The molecule has 2 saturated heterocycles. The zero-order chi connectivity index (χ0) is 16.2. The third-order valence-electron chi connectivity index (χ3n) is 4.54. The van der Waals surface area contributed by atoms with Crippen LogP contribution in [0.2, 0.25) is 5.02 Å². The predicted molar refractivity (Wildman–Crippen MR) is 89.3 cm³/mol. The monoisotopic (exact) mass is 338 g/mol. The van der Waals surface area contributed by atoms with Crippen LogP contribution in [0, 0.1) is 0 Å². The molecule has 2 fully saturated rings. The number of amides is 1. The maximum absolute atomic E-state index is 12.7. The Kier molecular flexibility index (Phi) is 5.41. The zero-order valence-electron chi connectivity index (χ0n) is 13.3. The van der Waals surface area contributed by atoms with Crippen LogP contribution in [0.1, 0.15) is 36.0 Å². The number of fused-ring (bicyclic) bond motifs is 2. The first kappa shape index (κ1) is 16.6. The van der Waals surface area contributed by atoms with Crippen LogP contribution in [-0.2, 0) is 4.74 Å². The van der Waals surface area contributed by atoms with Crippen molar-refractivity contribution in [2.24, 2.45) is 0 Å². The van der Waals surface area contributed by atoms with Gasteiger partial charge in [0.15, 0.2) is 0 Å². The molecule has 23 heavy (non-hydrogen) atoms. The summed E-state index contributed by atoms with van der Waals surface area (Å²) in [5.74, 6) is 0.423. The van der Waals surface area contributed by atoms with Crippen LogP contribution in [0.5, 0.6) is 5.75 Å². The molecule has 0 aromatic heterocycles. The highest BCUT2D eigenvalue weighted by molar-refractivity contribution is 6.31. The Morgan fingerprint density at radius 3 is 2.74 bits per heavy atom. The van der Waals surface area contributed by atoms with E-state index in [2.05, 4.69) is 10.6 Å². The van der Waals surface area contributed by atoms with E-state index in [1.54, 1.807) is 25.3 Å². The van der Waals surface area contributed by atoms with Gasteiger partial charge in [-0.2, -0.15) is 0 Å². The maximum Gasteiger partial charge on any atom is 0.255 e. The van der Waals surface area contributed by atoms with Gasteiger partial charge in [0.2, 0.25) is 0 Å². The van der Waals surface area contributed by atoms with Crippen molar-refractivity contribution in [1.82, 2.24) is 10.6 Å². The number of carbonyl (C=O) groups excluding carboxylic acids is 1. The normalized spacial score (nSPS) is 26.1. The minimum Gasteiger partial charge on any atom is -0.490 e. The van der Waals surface area contributed by atoms with E-state index in [1.807, 2.05) is 0 Å². The molecule has 2 aliphatic rings. The largest absolute Gasteiger partial charge is 0.490 e. The number of ether oxygens (including phenoxy) is 2. The highest BCUT2D eigenvalue weighted by Crippen LogP contribution is 2.28. The lowest BCUT2D eigenvalue weighted by Crippen LogP contribution is -2.48. The Hall–Kier alpha value is -1.30. The SMILES string of the molecule is COCCOc1ccc(Cl)cc1C(=O)NC1CC2CCC(C1)N2. The molecule has 2 N–H and O–H groups in total. The fourth-order valence-corrected chi connectivity index (χ4v) is 3.65. The predicted octanol–water partition coefficient (Wildman–Crippen LogP) is 2.38. The quantitative estimate of drug-likeness (QED) is 0.782. The van der Waals surface area contributed by atoms with Gasteiger partial charge in [0.25, 0.3) is 5.91 Å². The van der Waals surface area contributed by atoms with E-state index in [0.29, 0.717) is 41.6 Å². The van der Waals surface area contributed by atoms with Gasteiger partial charge in [-0.1, -0.05) is 11.6 Å². The summed E-state index contributed by atoms with van der Waals surface area (Å²) in [6, 6.07) is 6.41. The summed E-state index contributed by atoms with van der Waals surface area (Å²) in [7, 11) is 1.62. The van der Waals surface area contributed by atoms with Gasteiger partial charge in [0.05, 0.1) is 12.2 Å². The molecule has 0 aliphatic carbocycles. The molecule has 2 bridgehead atoms. The Labute approximate surface area is 141 Å². The summed E-state index contributed by atoms with van der Waals surface area (Å²) >= 11 is 6.05. The van der Waals surface area contributed by atoms with Crippen LogP contribution >= 0.6 is 11.6 Å². The molecule has 1 aromatic rings. The van der Waals surface area contributed by atoms with Crippen molar-refractivity contribution in [3.05, 3.63) is 28.8 Å². The van der Waals surface area contributed by atoms with Gasteiger partial charge in [0, 0.05) is 30.3 Å². The molecule has 5 nitrogen and oxygen atoms in total. The van der Waals surface area contributed by atoms with Crippen LogP contribution in [0.25, 0.3) is 0 Å². The average Bonchev–Trinajstić information content (AvgIpc) is 2.87. The number of hydrogen-bond donors (Lipinski definition) is 2. The molecule has 2 atom stereocenters. The van der Waals surface area contributed by atoms with Crippen molar-refractivity contribution in [3.8, 4) is 5.75 Å². The first-order valence-electron chi connectivity index (χ1n) is 8.14. The van der Waals surface area contributed by atoms with E-state index >= 15 is 0 Å². The van der Waals surface area contributed by atoms with Crippen LogP contribution in [0.15, 0.2) is 18.2 Å². The standard InChI is InChI=1S/C17H23ClN2O3/c1-22-6-7-23-16-5-2-11(18)8-15(16)17(21)20-14-9-12-3-4-13(10-14)19-12/h2,5,8,12-14,19H,3-4,6-7,9-10H2,1H3,(H,20,21). The van der Waals surface area contributed by atoms with Gasteiger partial charge in [0.1, 0.15) is 12.4 Å². The molecule has 0 radical (unpaired) electrons. The van der Waals surface area contributed by atoms with Gasteiger partial charge in [-0.05, 0) is 43.9 Å². The van der Waals surface area contributed by atoms with E-state index < -0.39 is 0 Å². The Morgan fingerprint density at radius 2 is 2.04 bits per heavy atom. The van der Waals surface area contributed by atoms with Gasteiger partial charge >= 0.3 is 0 Å². The fraction of sp³-hybridized carbons (Fsp3) is 0.588. The molecule has 126 valence electrons. The molecule has 2 aliphatic heterocycles. The summed E-state index contributed by atoms with van der Waals surface area (Å²) < 4.78 is 10.6. The van der Waals surface area contributed by atoms with Crippen molar-refractivity contribution in [3.63, 3.8) is 0 Å². The van der Waals surface area contributed by atoms with Crippen LogP contribution in [-0.4, -0.2) is 44.4 Å². The number of carbonyl (C=O) groups is 1. The first-order chi connectivity index (χ1) is 11.2. The van der Waals surface area contributed by atoms with E-state index in [9.17, 15) is 4.79 Å². The second-order valence-corrected chi connectivity index (χ2v) is 6.70. The minimum atomic E-state index is -0.119. The smallest absolute Gasteiger partial charge is 0.255 e. The Morgan fingerprint density at radius 1 is 1.30 bits per heavy atom. The van der Waals surface area contributed by atoms with Crippen LogP contribution in [0.4, 0.5) is 0 Å². The Bertz CT molecular complexity index is 555. The lowest BCUT2D eigenvalue weighted by molar-refractivity contribution is 0.0916. The third-order valence-corrected chi connectivity index (χ3v) is 4.77. The summed E-state index contributed by atoms with van der Waals surface area (Å²) in [4.78, 5) is 12.7. The second-order valence-electron chi connectivity index (χ2n) is 6.26. The van der Waals surface area contributed by atoms with Gasteiger partial charge in [-0.3, -0.25) is 4.79 Å². The van der Waals surface area contributed by atoms with Gasteiger partial charge in [-0.15, -0.1) is 0 Å². The van der Waals surface area contributed by atoms with Crippen molar-refractivity contribution in [2.45, 2.75) is 43.8 Å². The molecular formula is C17H23ClN2O3. The van der Waals surface area contributed by atoms with Crippen LogP contribution in [0.3, 0.4) is 0 Å². The summed E-state index contributed by atoms with van der Waals surface area (Å²) in [6.07, 6.45) is 4.39. The summed E-state index contributed by atoms with van der Waals surface area (Å²) in [5.41, 5.74) is 0.486. The molecule has 1 aromatic carbocycles. The highest BCUT2D eigenvalue weighted by atomic mass is 35.5. The van der Waals surface area contributed by atoms with Gasteiger partial charge < -0.3 is 20.1 Å². The number of rotatable bonds is 6. The fourth-order valence-electron chi connectivity index (χ4n) is 3.48. The molecule has 6 heteroatoms. The minimum absolute atomic E-state index is 0.119. The number of piperidine rings is 1. The topological polar surface area (TPSA) is 59.6 Å². The second kappa shape index (κ2) is 7.51. The lowest BCUT2D eigenvalue weighted by Gasteiger charge is -2.29. The third kappa shape index (κ3) is 4.16. The molecule has 0 saturated carbocycles. The molecule has 1 amide bonds. The number of methoxy groups -OCH3 is 1. The first-order valence-corrected chi connectivity index (χ1v) is 8.51. The number of hydrogen-bond acceptors (Lipinski definition) is 4. The Balaban J connectivity index is 1.67. The maximum atomic E-state index is 12.7. The molecular weight excluding hydrogens is 316 g/mol. The number of benzene rings is 1. The van der Waals surface area contributed by atoms with Crippen molar-refractivity contribution in [1.29, 1.82) is 0 Å². The molecule has 3 rings (SSSR count). The van der Waals surface area contributed by atoms with Crippen LogP contribution < -0.4 is 15.4 Å². The molecule has 0 spiro atoms. The van der Waals surface area contributed by atoms with E-state index in [1.165, 1.54) is 12.8 Å². The molecule has 2 heterocycles. The van der Waals surface area contributed by atoms with Crippen molar-refractivity contribution < 1.29 is 14.3 Å². The van der Waals surface area contributed by atoms with E-state index in [4.69, 9.17) is 21.1 Å². The van der Waals surface area contributed by atoms with Crippen molar-refractivity contribution in [2.75, 3.05) is 20.3 Å². The highest BCUT2D eigenvalue weighted by Gasteiger charge is 2.34. The average molecular weight is 339 g/mol. The zero-order valence-corrected chi connectivity index (χ0v) is 14.1. The van der Waals surface area contributed by atoms with Crippen molar-refractivity contribution >= 4 is 17.5 Å². The van der Waals surface area contributed by atoms with Gasteiger partial charge in [-0.25, -0.2) is 0 Å². The van der Waals surface area contributed by atoms with E-state index in [0.717, 1.165) is 12.8 Å². The summed E-state index contributed by atoms with van der Waals surface area (Å²) in [5, 5.41) is 7.25. The molecule has 2 unspecified atom stereocenters. The number of nitrogens with one attached hydrogen (secondary N) is 2. The summed E-state index contributed by atoms with van der Waals surface area (Å²) in [6.45, 7) is 0.872.